The highest BCUT2D eigenvalue weighted by molar-refractivity contribution is 7.01. The van der Waals surface area contributed by atoms with Crippen molar-refractivity contribution in [2.75, 3.05) is 0 Å². The molecular weight excluding hydrogens is 325 g/mol. The van der Waals surface area contributed by atoms with Gasteiger partial charge in [-0.05, 0) is 46.7 Å². The minimum atomic E-state index is 0.340. The van der Waals surface area contributed by atoms with E-state index in [1.165, 1.54) is 60.6 Å². The van der Waals surface area contributed by atoms with E-state index in [1.807, 2.05) is 0 Å². The predicted molar refractivity (Wildman–Crippen MR) is 116 cm³/mol. The van der Waals surface area contributed by atoms with Crippen LogP contribution in [0.15, 0.2) is 78.9 Å². The molecule has 1 aromatic heterocycles. The average Bonchev–Trinajstić information content (AvgIpc) is 3.21. The molecular formula is C25H16BN. The Morgan fingerprint density at radius 3 is 2.44 bits per heavy atom. The lowest BCUT2D eigenvalue weighted by Gasteiger charge is -2.25. The van der Waals surface area contributed by atoms with Gasteiger partial charge in [0.05, 0.1) is 5.52 Å². The van der Waals surface area contributed by atoms with Crippen molar-refractivity contribution >= 4 is 44.9 Å². The van der Waals surface area contributed by atoms with Crippen LogP contribution in [0.3, 0.4) is 0 Å². The third kappa shape index (κ3) is 1.50. The number of benzene rings is 4. The molecule has 2 aliphatic rings. The van der Waals surface area contributed by atoms with Crippen LogP contribution in [0.25, 0.3) is 38.6 Å². The molecule has 0 saturated carbocycles. The summed E-state index contributed by atoms with van der Waals surface area (Å²) in [6.07, 6.45) is 0. The zero-order valence-electron chi connectivity index (χ0n) is 15.0. The highest BCUT2D eigenvalue weighted by Crippen LogP contribution is 2.37. The minimum absolute atomic E-state index is 0.340. The summed E-state index contributed by atoms with van der Waals surface area (Å²) in [7, 11) is 0. The molecule has 0 unspecified atom stereocenters. The second-order valence-corrected chi connectivity index (χ2v) is 7.86. The van der Waals surface area contributed by atoms with Gasteiger partial charge in [-0.3, -0.25) is 0 Å². The maximum Gasteiger partial charge on any atom is 0.248 e. The normalized spacial score (nSPS) is 13.3. The van der Waals surface area contributed by atoms with Gasteiger partial charge in [-0.2, -0.15) is 0 Å². The Morgan fingerprint density at radius 1 is 0.704 bits per heavy atom. The number of fused-ring (bicyclic) bond motifs is 8. The zero-order chi connectivity index (χ0) is 17.7. The topological polar surface area (TPSA) is 4.93 Å². The predicted octanol–water partition coefficient (Wildman–Crippen LogP) is 3.90. The fourth-order valence-electron chi connectivity index (χ4n) is 5.49. The smallest absolute Gasteiger partial charge is 0.248 e. The molecule has 1 nitrogen and oxygen atoms in total. The Hall–Kier alpha value is -3.26. The summed E-state index contributed by atoms with van der Waals surface area (Å²) < 4.78 is 2.51. The summed E-state index contributed by atoms with van der Waals surface area (Å²) >= 11 is 0. The molecule has 0 bridgehead atoms. The van der Waals surface area contributed by atoms with Crippen LogP contribution in [0.1, 0.15) is 5.56 Å². The quantitative estimate of drug-likeness (QED) is 0.369. The summed E-state index contributed by atoms with van der Waals surface area (Å²) in [5.74, 6) is 0. The van der Waals surface area contributed by atoms with Gasteiger partial charge in [0.1, 0.15) is 0 Å². The molecule has 0 atom stereocenters. The molecule has 0 N–H and O–H groups in total. The van der Waals surface area contributed by atoms with Crippen molar-refractivity contribution in [3.8, 4) is 16.8 Å². The van der Waals surface area contributed by atoms with Crippen molar-refractivity contribution in [1.29, 1.82) is 0 Å². The first kappa shape index (κ1) is 13.9. The van der Waals surface area contributed by atoms with Crippen molar-refractivity contribution in [3.05, 3.63) is 84.4 Å². The molecule has 0 aliphatic carbocycles. The maximum atomic E-state index is 2.51. The van der Waals surface area contributed by atoms with E-state index in [1.54, 1.807) is 0 Å². The number of aromatic nitrogens is 1. The first-order chi connectivity index (χ1) is 13.3. The maximum absolute atomic E-state index is 2.51. The molecule has 27 heavy (non-hydrogen) atoms. The zero-order valence-corrected chi connectivity index (χ0v) is 15.0. The Morgan fingerprint density at radius 2 is 1.48 bits per heavy atom. The molecule has 124 valence electrons. The number of hydrogen-bond donors (Lipinski definition) is 0. The Bertz CT molecular complexity index is 1440. The SMILES string of the molecule is Cc1cc2c3c(c1)-n1c4ccccc4c4cccc(c41)B3c1ccccc1-2. The molecule has 0 radical (unpaired) electrons. The lowest BCUT2D eigenvalue weighted by atomic mass is 9.37. The average molecular weight is 341 g/mol. The first-order valence-electron chi connectivity index (χ1n) is 9.59. The van der Waals surface area contributed by atoms with Gasteiger partial charge in [0, 0.05) is 22.0 Å². The van der Waals surface area contributed by atoms with E-state index in [0.29, 0.717) is 6.71 Å². The molecule has 0 fully saturated rings. The fraction of sp³-hybridized carbons (Fsp3) is 0.0400. The second kappa shape index (κ2) is 4.53. The van der Waals surface area contributed by atoms with E-state index in [4.69, 9.17) is 0 Å². The largest absolute Gasteiger partial charge is 0.310 e. The molecule has 2 heteroatoms. The van der Waals surface area contributed by atoms with Crippen molar-refractivity contribution < 1.29 is 0 Å². The Labute approximate surface area is 158 Å². The highest BCUT2D eigenvalue weighted by atomic mass is 15.0. The van der Waals surface area contributed by atoms with Crippen LogP contribution in [-0.2, 0) is 0 Å². The van der Waals surface area contributed by atoms with Gasteiger partial charge in [0.25, 0.3) is 0 Å². The lowest BCUT2D eigenvalue weighted by molar-refractivity contribution is 1.18. The van der Waals surface area contributed by atoms with Crippen LogP contribution in [-0.4, -0.2) is 11.3 Å². The van der Waals surface area contributed by atoms with E-state index < -0.39 is 0 Å². The van der Waals surface area contributed by atoms with Gasteiger partial charge in [-0.15, -0.1) is 0 Å². The third-order valence-electron chi connectivity index (χ3n) is 6.43. The molecule has 5 aromatic rings. The Kier molecular flexibility index (Phi) is 2.33. The summed E-state index contributed by atoms with van der Waals surface area (Å²) in [5, 5.41) is 2.71. The molecule has 0 saturated heterocycles. The van der Waals surface area contributed by atoms with Crippen molar-refractivity contribution in [2.45, 2.75) is 6.92 Å². The molecule has 3 heterocycles. The summed E-state index contributed by atoms with van der Waals surface area (Å²) in [4.78, 5) is 0. The van der Waals surface area contributed by atoms with Crippen molar-refractivity contribution in [3.63, 3.8) is 0 Å². The van der Waals surface area contributed by atoms with E-state index in [2.05, 4.69) is 90.4 Å². The second-order valence-electron chi connectivity index (χ2n) is 7.86. The number of nitrogens with zero attached hydrogens (tertiary/aromatic N) is 1. The van der Waals surface area contributed by atoms with Crippen LogP contribution < -0.4 is 16.4 Å². The number of para-hydroxylation sites is 2. The van der Waals surface area contributed by atoms with Gasteiger partial charge in [0.15, 0.2) is 0 Å². The molecule has 0 spiro atoms. The van der Waals surface area contributed by atoms with Gasteiger partial charge < -0.3 is 4.57 Å². The van der Waals surface area contributed by atoms with Gasteiger partial charge in [-0.1, -0.05) is 72.2 Å². The first-order valence-corrected chi connectivity index (χ1v) is 9.59. The van der Waals surface area contributed by atoms with E-state index >= 15 is 0 Å². The van der Waals surface area contributed by atoms with E-state index in [9.17, 15) is 0 Å². The molecule has 4 aromatic carbocycles. The van der Waals surface area contributed by atoms with Crippen molar-refractivity contribution in [1.82, 2.24) is 4.57 Å². The monoisotopic (exact) mass is 341 g/mol. The number of aryl methyl sites for hydroxylation is 1. The Balaban J connectivity index is 1.80. The fourth-order valence-corrected chi connectivity index (χ4v) is 5.49. The summed E-state index contributed by atoms with van der Waals surface area (Å²) in [6, 6.07) is 29.4. The highest BCUT2D eigenvalue weighted by Gasteiger charge is 2.40. The molecule has 2 aliphatic heterocycles. The molecule has 7 rings (SSSR count). The van der Waals surface area contributed by atoms with E-state index in [0.717, 1.165) is 0 Å². The lowest BCUT2D eigenvalue weighted by Crippen LogP contribution is -2.53. The van der Waals surface area contributed by atoms with Crippen LogP contribution in [0, 0.1) is 6.92 Å². The number of hydrogen-bond acceptors (Lipinski definition) is 0. The van der Waals surface area contributed by atoms with Gasteiger partial charge >= 0.3 is 0 Å². The molecule has 0 amide bonds. The standard InChI is InChI=1S/C25H16BN/c1-15-13-19-16-7-2-4-10-20(16)26-21-11-6-9-18-17-8-3-5-12-22(17)27(25(18)21)23(14-15)24(19)26/h2-14H,1H3. The van der Waals surface area contributed by atoms with Crippen LogP contribution >= 0.6 is 0 Å². The van der Waals surface area contributed by atoms with Gasteiger partial charge in [0.2, 0.25) is 6.71 Å². The number of rotatable bonds is 0. The van der Waals surface area contributed by atoms with Crippen molar-refractivity contribution in [2.24, 2.45) is 0 Å². The van der Waals surface area contributed by atoms with Crippen LogP contribution in [0.2, 0.25) is 0 Å². The summed E-state index contributed by atoms with van der Waals surface area (Å²) in [5.41, 5.74) is 12.5. The summed E-state index contributed by atoms with van der Waals surface area (Å²) in [6.45, 7) is 2.56. The van der Waals surface area contributed by atoms with Gasteiger partial charge in [-0.25, -0.2) is 0 Å². The van der Waals surface area contributed by atoms with Crippen LogP contribution in [0.4, 0.5) is 0 Å². The third-order valence-corrected chi connectivity index (χ3v) is 6.43. The van der Waals surface area contributed by atoms with E-state index in [-0.39, 0.29) is 0 Å². The van der Waals surface area contributed by atoms with Crippen LogP contribution in [0.5, 0.6) is 0 Å². The minimum Gasteiger partial charge on any atom is -0.310 e.